The van der Waals surface area contributed by atoms with Crippen LogP contribution in [0.3, 0.4) is 0 Å². The van der Waals surface area contributed by atoms with Crippen molar-refractivity contribution in [3.05, 3.63) is 0 Å². The third kappa shape index (κ3) is 4.52. The molecular formula is C19H36ClN3O3. The van der Waals surface area contributed by atoms with Crippen molar-refractivity contribution >= 4 is 24.2 Å². The van der Waals surface area contributed by atoms with Gasteiger partial charge in [-0.15, -0.1) is 12.4 Å². The number of piperidine rings is 1. The van der Waals surface area contributed by atoms with Crippen LogP contribution < -0.4 is 11.1 Å². The SMILES string of the molecule is CCCC(=O)NCC1CCCN(C(=O)C2(N)CC(OCC)C2(C)C)C1.Cl. The molecule has 2 fully saturated rings. The molecule has 0 aromatic carbocycles. The van der Waals surface area contributed by atoms with E-state index in [1.807, 2.05) is 32.6 Å². The number of amides is 2. The number of likely N-dealkylation sites (tertiary alicyclic amines) is 1. The van der Waals surface area contributed by atoms with Gasteiger partial charge in [0.15, 0.2) is 0 Å². The molecule has 3 N–H and O–H groups in total. The number of nitrogens with zero attached hydrogens (tertiary/aromatic N) is 1. The number of rotatable bonds is 7. The molecule has 6 nitrogen and oxygen atoms in total. The third-order valence-corrected chi connectivity index (χ3v) is 6.08. The molecule has 1 aliphatic carbocycles. The summed E-state index contributed by atoms with van der Waals surface area (Å²) < 4.78 is 5.74. The Kier molecular flexibility index (Phi) is 8.36. The van der Waals surface area contributed by atoms with Gasteiger partial charge in [0.1, 0.15) is 5.54 Å². The lowest BCUT2D eigenvalue weighted by Gasteiger charge is -2.59. The number of carbonyl (C=O) groups excluding carboxylic acids is 2. The topological polar surface area (TPSA) is 84.7 Å². The predicted octanol–water partition coefficient (Wildman–Crippen LogP) is 2.10. The Labute approximate surface area is 164 Å². The second kappa shape index (κ2) is 9.38. The highest BCUT2D eigenvalue weighted by atomic mass is 35.5. The smallest absolute Gasteiger partial charge is 0.243 e. The number of carbonyl (C=O) groups is 2. The fourth-order valence-corrected chi connectivity index (χ4v) is 4.07. The monoisotopic (exact) mass is 389 g/mol. The van der Waals surface area contributed by atoms with E-state index in [4.69, 9.17) is 10.5 Å². The van der Waals surface area contributed by atoms with E-state index in [1.165, 1.54) is 0 Å². The Morgan fingerprint density at radius 2 is 2.00 bits per heavy atom. The molecule has 3 unspecified atom stereocenters. The lowest BCUT2D eigenvalue weighted by Crippen LogP contribution is -2.76. The Balaban J connectivity index is 0.00000338. The second-order valence-corrected chi connectivity index (χ2v) is 8.15. The molecule has 3 atom stereocenters. The minimum atomic E-state index is -0.847. The summed E-state index contributed by atoms with van der Waals surface area (Å²) in [6, 6.07) is 0. The highest BCUT2D eigenvalue weighted by molar-refractivity contribution is 5.89. The van der Waals surface area contributed by atoms with Gasteiger partial charge in [-0.25, -0.2) is 0 Å². The highest BCUT2D eigenvalue weighted by Crippen LogP contribution is 2.50. The molecule has 0 bridgehead atoms. The van der Waals surface area contributed by atoms with E-state index in [2.05, 4.69) is 5.32 Å². The van der Waals surface area contributed by atoms with Crippen molar-refractivity contribution in [1.82, 2.24) is 10.2 Å². The van der Waals surface area contributed by atoms with Gasteiger partial charge in [0, 0.05) is 44.5 Å². The van der Waals surface area contributed by atoms with Crippen LogP contribution in [0.5, 0.6) is 0 Å². The van der Waals surface area contributed by atoms with Crippen molar-refractivity contribution in [2.45, 2.75) is 71.4 Å². The first-order valence-electron chi connectivity index (χ1n) is 9.72. The lowest BCUT2D eigenvalue weighted by atomic mass is 9.54. The zero-order valence-corrected chi connectivity index (χ0v) is 17.5. The van der Waals surface area contributed by atoms with Gasteiger partial charge in [0.2, 0.25) is 11.8 Å². The van der Waals surface area contributed by atoms with E-state index in [9.17, 15) is 9.59 Å². The molecule has 1 aliphatic heterocycles. The summed E-state index contributed by atoms with van der Waals surface area (Å²) >= 11 is 0. The number of hydrogen-bond acceptors (Lipinski definition) is 4. The maximum absolute atomic E-state index is 13.1. The zero-order chi connectivity index (χ0) is 18.7. The molecule has 2 amide bonds. The Morgan fingerprint density at radius 3 is 2.58 bits per heavy atom. The molecule has 0 radical (unpaired) electrons. The normalized spacial score (nSPS) is 30.1. The quantitative estimate of drug-likeness (QED) is 0.698. The van der Waals surface area contributed by atoms with Crippen LogP contribution in [-0.4, -0.2) is 54.6 Å². The van der Waals surface area contributed by atoms with E-state index in [-0.39, 0.29) is 35.7 Å². The van der Waals surface area contributed by atoms with Crippen molar-refractivity contribution in [2.75, 3.05) is 26.2 Å². The van der Waals surface area contributed by atoms with Crippen LogP contribution in [0.2, 0.25) is 0 Å². The molecule has 0 aromatic heterocycles. The summed E-state index contributed by atoms with van der Waals surface area (Å²) in [6.07, 6.45) is 4.05. The number of halogens is 1. The summed E-state index contributed by atoms with van der Waals surface area (Å²) in [5.41, 5.74) is 5.34. The summed E-state index contributed by atoms with van der Waals surface area (Å²) in [7, 11) is 0. The van der Waals surface area contributed by atoms with E-state index in [0.29, 0.717) is 38.5 Å². The van der Waals surface area contributed by atoms with Gasteiger partial charge in [-0.3, -0.25) is 9.59 Å². The van der Waals surface area contributed by atoms with Crippen molar-refractivity contribution in [3.63, 3.8) is 0 Å². The molecule has 7 heteroatoms. The Bertz CT molecular complexity index is 500. The van der Waals surface area contributed by atoms with E-state index in [1.54, 1.807) is 0 Å². The average molecular weight is 390 g/mol. The summed E-state index contributed by atoms with van der Waals surface area (Å²) in [5.74, 6) is 0.451. The van der Waals surface area contributed by atoms with Gasteiger partial charge in [-0.1, -0.05) is 20.8 Å². The fraction of sp³-hybridized carbons (Fsp3) is 0.895. The zero-order valence-electron chi connectivity index (χ0n) is 16.7. The Morgan fingerprint density at radius 1 is 1.31 bits per heavy atom. The molecule has 2 aliphatic rings. The van der Waals surface area contributed by atoms with E-state index >= 15 is 0 Å². The van der Waals surface area contributed by atoms with Gasteiger partial charge in [-0.2, -0.15) is 0 Å². The molecule has 1 saturated heterocycles. The van der Waals surface area contributed by atoms with E-state index in [0.717, 1.165) is 25.8 Å². The van der Waals surface area contributed by atoms with Crippen LogP contribution in [0.15, 0.2) is 0 Å². The Hall–Kier alpha value is -0.850. The molecule has 1 saturated carbocycles. The molecule has 0 aromatic rings. The summed E-state index contributed by atoms with van der Waals surface area (Å²) in [4.78, 5) is 26.7. The average Bonchev–Trinajstić information content (AvgIpc) is 2.59. The maximum Gasteiger partial charge on any atom is 0.243 e. The van der Waals surface area contributed by atoms with Crippen LogP contribution in [0.25, 0.3) is 0 Å². The van der Waals surface area contributed by atoms with Crippen LogP contribution in [0.4, 0.5) is 0 Å². The molecular weight excluding hydrogens is 354 g/mol. The first-order chi connectivity index (χ1) is 11.8. The van der Waals surface area contributed by atoms with Crippen LogP contribution in [0.1, 0.15) is 59.8 Å². The molecule has 2 rings (SSSR count). The maximum atomic E-state index is 13.1. The molecule has 1 heterocycles. The minimum Gasteiger partial charge on any atom is -0.378 e. The lowest BCUT2D eigenvalue weighted by molar-refractivity contribution is -0.180. The number of nitrogens with one attached hydrogen (secondary N) is 1. The van der Waals surface area contributed by atoms with Gasteiger partial charge in [-0.05, 0) is 32.1 Å². The van der Waals surface area contributed by atoms with Crippen LogP contribution >= 0.6 is 12.4 Å². The van der Waals surface area contributed by atoms with Gasteiger partial charge < -0.3 is 20.7 Å². The number of hydrogen-bond donors (Lipinski definition) is 2. The fourth-order valence-electron chi connectivity index (χ4n) is 4.07. The number of nitrogens with two attached hydrogens (primary N) is 1. The largest absolute Gasteiger partial charge is 0.378 e. The van der Waals surface area contributed by atoms with Crippen molar-refractivity contribution in [3.8, 4) is 0 Å². The van der Waals surface area contributed by atoms with Gasteiger partial charge in [0.05, 0.1) is 6.10 Å². The standard InChI is InChI=1S/C19H35N3O3.ClH/c1-5-8-16(23)21-12-14-9-7-10-22(13-14)17(24)19(20)11-15(25-6-2)18(19,3)4;/h14-15H,5-13,20H2,1-4H3,(H,21,23);1H. The van der Waals surface area contributed by atoms with Crippen molar-refractivity contribution < 1.29 is 14.3 Å². The van der Waals surface area contributed by atoms with Crippen molar-refractivity contribution in [2.24, 2.45) is 17.1 Å². The van der Waals surface area contributed by atoms with Gasteiger partial charge in [0.25, 0.3) is 0 Å². The first-order valence-corrected chi connectivity index (χ1v) is 9.72. The van der Waals surface area contributed by atoms with E-state index < -0.39 is 5.54 Å². The third-order valence-electron chi connectivity index (χ3n) is 6.08. The van der Waals surface area contributed by atoms with Crippen LogP contribution in [0, 0.1) is 11.3 Å². The van der Waals surface area contributed by atoms with Crippen molar-refractivity contribution in [1.29, 1.82) is 0 Å². The predicted molar refractivity (Wildman–Crippen MR) is 105 cm³/mol. The van der Waals surface area contributed by atoms with Gasteiger partial charge >= 0.3 is 0 Å². The summed E-state index contributed by atoms with van der Waals surface area (Å²) in [5, 5.41) is 2.99. The molecule has 0 spiro atoms. The van der Waals surface area contributed by atoms with Crippen LogP contribution in [-0.2, 0) is 14.3 Å². The minimum absolute atomic E-state index is 0. The second-order valence-electron chi connectivity index (χ2n) is 8.15. The first kappa shape index (κ1) is 23.2. The molecule has 26 heavy (non-hydrogen) atoms. The molecule has 152 valence electrons. The summed E-state index contributed by atoms with van der Waals surface area (Å²) in [6.45, 7) is 10.7. The number of ether oxygens (including phenoxy) is 1. The highest BCUT2D eigenvalue weighted by Gasteiger charge is 2.63.